The SMILES string of the molecule is C/C=C(\C)C(=O)O[C@H]1[C@H](O)[C@@H](C(=O)OC)O[C@@H]2C[C@H]3O[C@@H](n4cnc5c(N)ncnc54)[C@H](O)[C@H]3O[C@]21OC. The van der Waals surface area contributed by atoms with Gasteiger partial charge in [0, 0.05) is 19.1 Å². The molecule has 3 aliphatic heterocycles. The van der Waals surface area contributed by atoms with Gasteiger partial charge in [0.2, 0.25) is 5.79 Å². The van der Waals surface area contributed by atoms with Crippen molar-refractivity contribution in [1.82, 2.24) is 19.5 Å². The number of ether oxygens (including phenoxy) is 6. The first-order chi connectivity index (χ1) is 18.2. The molecule has 0 unspecified atom stereocenters. The number of nitrogens with zero attached hydrogens (tertiary/aromatic N) is 4. The monoisotopic (exact) mass is 535 g/mol. The van der Waals surface area contributed by atoms with E-state index in [1.54, 1.807) is 6.92 Å². The number of esters is 2. The van der Waals surface area contributed by atoms with Crippen LogP contribution in [-0.2, 0) is 38.0 Å². The maximum Gasteiger partial charge on any atom is 0.337 e. The average Bonchev–Trinajstić information content (AvgIpc) is 3.49. The van der Waals surface area contributed by atoms with E-state index in [1.807, 2.05) is 0 Å². The number of aliphatic hydroxyl groups is 2. The molecule has 2 aromatic heterocycles. The molecule has 0 radical (unpaired) electrons. The molecule has 15 heteroatoms. The zero-order chi connectivity index (χ0) is 27.4. The van der Waals surface area contributed by atoms with Gasteiger partial charge in [-0.05, 0) is 13.8 Å². The van der Waals surface area contributed by atoms with E-state index in [0.717, 1.165) is 7.11 Å². The number of methoxy groups -OCH3 is 2. The van der Waals surface area contributed by atoms with Crippen LogP contribution in [0.1, 0.15) is 26.5 Å². The Labute approximate surface area is 216 Å². The highest BCUT2D eigenvalue weighted by atomic mass is 16.8. The average molecular weight is 536 g/mol. The smallest absolute Gasteiger partial charge is 0.337 e. The summed E-state index contributed by atoms with van der Waals surface area (Å²) in [6, 6.07) is 0. The van der Waals surface area contributed by atoms with Gasteiger partial charge in [-0.2, -0.15) is 0 Å². The van der Waals surface area contributed by atoms with Crippen LogP contribution in [0.3, 0.4) is 0 Å². The van der Waals surface area contributed by atoms with Crippen molar-refractivity contribution < 1.29 is 48.2 Å². The Balaban J connectivity index is 1.51. The van der Waals surface area contributed by atoms with Gasteiger partial charge in [0.1, 0.15) is 36.3 Å². The lowest BCUT2D eigenvalue weighted by Gasteiger charge is -2.54. The van der Waals surface area contributed by atoms with Gasteiger partial charge in [-0.3, -0.25) is 4.57 Å². The summed E-state index contributed by atoms with van der Waals surface area (Å²) < 4.78 is 36.0. The molecule has 2 aromatic rings. The molecule has 5 rings (SSSR count). The fourth-order valence-corrected chi connectivity index (χ4v) is 5.14. The molecule has 0 spiro atoms. The zero-order valence-corrected chi connectivity index (χ0v) is 21.1. The second-order valence-electron chi connectivity index (χ2n) is 9.24. The van der Waals surface area contributed by atoms with Crippen LogP contribution in [0.4, 0.5) is 5.82 Å². The molecule has 0 saturated carbocycles. The Morgan fingerprint density at radius 3 is 2.66 bits per heavy atom. The molecule has 4 N–H and O–H groups in total. The highest BCUT2D eigenvalue weighted by Gasteiger charge is 2.68. The maximum absolute atomic E-state index is 12.7. The van der Waals surface area contributed by atoms with Crippen LogP contribution in [0.15, 0.2) is 24.3 Å². The van der Waals surface area contributed by atoms with Gasteiger partial charge in [0.05, 0.1) is 19.5 Å². The van der Waals surface area contributed by atoms with E-state index in [2.05, 4.69) is 15.0 Å². The molecule has 3 aliphatic rings. The highest BCUT2D eigenvalue weighted by molar-refractivity contribution is 5.88. The molecule has 0 bridgehead atoms. The minimum atomic E-state index is -1.89. The first kappa shape index (κ1) is 26.4. The number of hydrogen-bond donors (Lipinski definition) is 3. The molecular formula is C23H29N5O10. The summed E-state index contributed by atoms with van der Waals surface area (Å²) in [5.74, 6) is -3.36. The standard InChI is InChI=1S/C23H29N5O10/c1-5-9(2)21(31)37-17-13(29)16(22(32)33-3)36-11-6-10-15(38-23(11,17)34-4)14(30)20(35-10)28-8-27-12-18(24)25-7-26-19(12)28/h5,7-8,10-11,13-17,20,29-30H,6H2,1-4H3,(H2,24,25,26)/b9-5+/t10-,11-,13-,14-,15+,16+,17+,20-,23-/m1/s1. The fraction of sp³-hybridized carbons (Fsp3) is 0.609. The van der Waals surface area contributed by atoms with Crippen LogP contribution in [0.5, 0.6) is 0 Å². The Hall–Kier alpha value is -3.21. The van der Waals surface area contributed by atoms with Crippen LogP contribution in [0, 0.1) is 0 Å². The largest absolute Gasteiger partial charge is 0.467 e. The molecular weight excluding hydrogens is 506 g/mol. The third-order valence-electron chi connectivity index (χ3n) is 7.26. The van der Waals surface area contributed by atoms with Crippen LogP contribution in [-0.4, -0.2) is 104 Å². The number of nitrogens with two attached hydrogens (primary N) is 1. The number of allylic oxidation sites excluding steroid dienone is 1. The zero-order valence-electron chi connectivity index (χ0n) is 21.1. The molecule has 9 atom stereocenters. The van der Waals surface area contributed by atoms with Crippen molar-refractivity contribution in [3.63, 3.8) is 0 Å². The van der Waals surface area contributed by atoms with E-state index < -0.39 is 66.7 Å². The Bertz CT molecular complexity index is 1270. The summed E-state index contributed by atoms with van der Waals surface area (Å²) in [7, 11) is 2.43. The summed E-state index contributed by atoms with van der Waals surface area (Å²) in [6.45, 7) is 3.18. The van der Waals surface area contributed by atoms with Crippen LogP contribution < -0.4 is 5.73 Å². The number of hydrogen-bond acceptors (Lipinski definition) is 14. The van der Waals surface area contributed by atoms with E-state index in [-0.39, 0.29) is 17.8 Å². The van der Waals surface area contributed by atoms with Crippen molar-refractivity contribution in [2.45, 2.75) is 75.0 Å². The second kappa shape index (κ2) is 9.83. The lowest BCUT2D eigenvalue weighted by Crippen LogP contribution is -2.74. The summed E-state index contributed by atoms with van der Waals surface area (Å²) in [5.41, 5.74) is 6.82. The lowest BCUT2D eigenvalue weighted by molar-refractivity contribution is -0.403. The van der Waals surface area contributed by atoms with Crippen molar-refractivity contribution in [2.75, 3.05) is 20.0 Å². The van der Waals surface area contributed by atoms with Gasteiger partial charge >= 0.3 is 11.9 Å². The minimum Gasteiger partial charge on any atom is -0.467 e. The molecule has 3 saturated heterocycles. The van der Waals surface area contributed by atoms with E-state index >= 15 is 0 Å². The van der Waals surface area contributed by atoms with Gasteiger partial charge in [-0.1, -0.05) is 6.08 Å². The molecule has 0 amide bonds. The number of imidazole rings is 1. The van der Waals surface area contributed by atoms with Gasteiger partial charge in [-0.25, -0.2) is 24.5 Å². The third kappa shape index (κ3) is 3.93. The topological polar surface area (TPSA) is 200 Å². The van der Waals surface area contributed by atoms with Gasteiger partial charge < -0.3 is 44.4 Å². The lowest BCUT2D eigenvalue weighted by atomic mass is 9.84. The number of aliphatic hydroxyl groups excluding tert-OH is 2. The number of carbonyl (C=O) groups is 2. The Morgan fingerprint density at radius 1 is 1.21 bits per heavy atom. The first-order valence-corrected chi connectivity index (χ1v) is 11.9. The quantitative estimate of drug-likeness (QED) is 0.310. The molecule has 206 valence electrons. The Morgan fingerprint density at radius 2 is 1.97 bits per heavy atom. The number of fused-ring (bicyclic) bond motifs is 3. The summed E-state index contributed by atoms with van der Waals surface area (Å²) in [4.78, 5) is 37.5. The molecule has 15 nitrogen and oxygen atoms in total. The van der Waals surface area contributed by atoms with E-state index in [9.17, 15) is 19.8 Å². The van der Waals surface area contributed by atoms with Crippen molar-refractivity contribution in [3.8, 4) is 0 Å². The Kier molecular flexibility index (Phi) is 6.83. The fourth-order valence-electron chi connectivity index (χ4n) is 5.14. The molecule has 5 heterocycles. The number of rotatable bonds is 5. The number of anilines is 1. The summed E-state index contributed by atoms with van der Waals surface area (Å²) in [5, 5.41) is 22.4. The third-order valence-corrected chi connectivity index (χ3v) is 7.26. The van der Waals surface area contributed by atoms with Gasteiger partial charge in [0.15, 0.2) is 29.9 Å². The molecule has 0 aliphatic carbocycles. The molecule has 3 fully saturated rings. The molecule has 0 aromatic carbocycles. The predicted octanol–water partition coefficient (Wildman–Crippen LogP) is -1.02. The van der Waals surface area contributed by atoms with Gasteiger partial charge in [0.25, 0.3) is 0 Å². The van der Waals surface area contributed by atoms with Crippen LogP contribution in [0.25, 0.3) is 11.2 Å². The van der Waals surface area contributed by atoms with Gasteiger partial charge in [-0.15, -0.1) is 0 Å². The maximum atomic E-state index is 12.7. The van der Waals surface area contributed by atoms with Crippen molar-refractivity contribution in [3.05, 3.63) is 24.3 Å². The number of aromatic nitrogens is 4. The number of nitrogen functional groups attached to an aromatic ring is 1. The highest BCUT2D eigenvalue weighted by Crippen LogP contribution is 2.48. The van der Waals surface area contributed by atoms with Crippen LogP contribution in [0.2, 0.25) is 0 Å². The van der Waals surface area contributed by atoms with E-state index in [0.29, 0.717) is 11.2 Å². The second-order valence-corrected chi connectivity index (χ2v) is 9.24. The minimum absolute atomic E-state index is 0.0483. The summed E-state index contributed by atoms with van der Waals surface area (Å²) >= 11 is 0. The normalized spacial score (nSPS) is 36.9. The summed E-state index contributed by atoms with van der Waals surface area (Å²) in [6.07, 6.45) is -5.56. The predicted molar refractivity (Wildman–Crippen MR) is 125 cm³/mol. The van der Waals surface area contributed by atoms with Crippen molar-refractivity contribution in [2.24, 2.45) is 0 Å². The van der Waals surface area contributed by atoms with E-state index in [4.69, 9.17) is 34.2 Å². The van der Waals surface area contributed by atoms with Crippen LogP contribution >= 0.6 is 0 Å². The van der Waals surface area contributed by atoms with Crippen molar-refractivity contribution in [1.29, 1.82) is 0 Å². The number of carbonyl (C=O) groups excluding carboxylic acids is 2. The first-order valence-electron chi connectivity index (χ1n) is 11.9. The molecule has 38 heavy (non-hydrogen) atoms. The van der Waals surface area contributed by atoms with E-state index in [1.165, 1.54) is 37.3 Å². The van der Waals surface area contributed by atoms with Crippen molar-refractivity contribution >= 4 is 28.9 Å².